The van der Waals surface area contributed by atoms with Crippen molar-refractivity contribution < 1.29 is 13.6 Å². The monoisotopic (exact) mass is 437 g/mol. The maximum Gasteiger partial charge on any atom is 0.261 e. The molecule has 110 valence electrons. The van der Waals surface area contributed by atoms with Gasteiger partial charge in [-0.1, -0.05) is 27.5 Å². The Bertz CT molecular complexity index is 714. The van der Waals surface area contributed by atoms with Gasteiger partial charge < -0.3 is 5.32 Å². The van der Waals surface area contributed by atoms with Crippen LogP contribution in [0.3, 0.4) is 0 Å². The fourth-order valence-corrected chi connectivity index (χ4v) is 2.81. The van der Waals surface area contributed by atoms with Gasteiger partial charge in [0.05, 0.1) is 5.69 Å². The Hall–Kier alpha value is -0.980. The molecule has 1 amide bonds. The Morgan fingerprint density at radius 2 is 1.71 bits per heavy atom. The number of rotatable bonds is 2. The van der Waals surface area contributed by atoms with Crippen LogP contribution in [-0.2, 0) is 0 Å². The highest BCUT2D eigenvalue weighted by molar-refractivity contribution is 9.10. The van der Waals surface area contributed by atoms with Crippen molar-refractivity contribution in [3.63, 3.8) is 0 Å². The molecule has 2 rings (SSSR count). The van der Waals surface area contributed by atoms with Crippen LogP contribution >= 0.6 is 43.5 Å². The summed E-state index contributed by atoms with van der Waals surface area (Å²) >= 11 is 12.2. The summed E-state index contributed by atoms with van der Waals surface area (Å²) in [7, 11) is 0. The number of aryl methyl sites for hydroxylation is 1. The lowest BCUT2D eigenvalue weighted by Gasteiger charge is -2.11. The molecule has 0 aliphatic rings. The van der Waals surface area contributed by atoms with Gasteiger partial charge >= 0.3 is 0 Å². The molecule has 0 atom stereocenters. The second kappa shape index (κ2) is 6.42. The van der Waals surface area contributed by atoms with Crippen LogP contribution in [0.4, 0.5) is 14.5 Å². The minimum atomic E-state index is -0.950. The van der Waals surface area contributed by atoms with Crippen molar-refractivity contribution in [3.8, 4) is 0 Å². The summed E-state index contributed by atoms with van der Waals surface area (Å²) < 4.78 is 28.3. The summed E-state index contributed by atoms with van der Waals surface area (Å²) in [6, 6.07) is 5.25. The van der Waals surface area contributed by atoms with Crippen molar-refractivity contribution in [2.75, 3.05) is 5.32 Å². The third-order valence-electron chi connectivity index (χ3n) is 2.73. The molecule has 0 saturated carbocycles. The summed E-state index contributed by atoms with van der Waals surface area (Å²) in [6.45, 7) is 1.80. The van der Waals surface area contributed by atoms with Gasteiger partial charge in [0, 0.05) is 14.0 Å². The highest BCUT2D eigenvalue weighted by Crippen LogP contribution is 2.30. The molecule has 1 N–H and O–H groups in total. The van der Waals surface area contributed by atoms with Gasteiger partial charge in [0.25, 0.3) is 5.91 Å². The first kappa shape index (κ1) is 16.4. The molecule has 2 nitrogen and oxygen atoms in total. The van der Waals surface area contributed by atoms with Crippen LogP contribution in [0.5, 0.6) is 0 Å². The second-order valence-corrected chi connectivity index (χ2v) is 6.46. The van der Waals surface area contributed by atoms with Crippen molar-refractivity contribution in [2.24, 2.45) is 0 Å². The topological polar surface area (TPSA) is 29.1 Å². The van der Waals surface area contributed by atoms with E-state index >= 15 is 0 Å². The van der Waals surface area contributed by atoms with Crippen molar-refractivity contribution in [3.05, 3.63) is 61.0 Å². The average Bonchev–Trinajstić information content (AvgIpc) is 2.34. The molecule has 21 heavy (non-hydrogen) atoms. The van der Waals surface area contributed by atoms with Crippen LogP contribution in [-0.4, -0.2) is 5.91 Å². The number of benzene rings is 2. The number of hydrogen-bond donors (Lipinski definition) is 1. The molecule has 0 heterocycles. The van der Waals surface area contributed by atoms with Crippen LogP contribution < -0.4 is 5.32 Å². The van der Waals surface area contributed by atoms with Gasteiger partial charge in [-0.15, -0.1) is 0 Å². The van der Waals surface area contributed by atoms with E-state index in [2.05, 4.69) is 37.2 Å². The van der Waals surface area contributed by atoms with Crippen molar-refractivity contribution in [2.45, 2.75) is 6.92 Å². The maximum atomic E-state index is 13.7. The van der Waals surface area contributed by atoms with E-state index in [9.17, 15) is 13.6 Å². The fourth-order valence-electron chi connectivity index (χ4n) is 1.69. The van der Waals surface area contributed by atoms with Gasteiger partial charge in [-0.25, -0.2) is 8.78 Å². The zero-order valence-electron chi connectivity index (χ0n) is 10.6. The largest absolute Gasteiger partial charge is 0.321 e. The molecule has 7 heteroatoms. The second-order valence-electron chi connectivity index (χ2n) is 4.28. The van der Waals surface area contributed by atoms with Crippen LogP contribution in [0.1, 0.15) is 15.9 Å². The number of carbonyl (C=O) groups is 1. The summed E-state index contributed by atoms with van der Waals surface area (Å²) in [5.41, 5.74) is 0.488. The zero-order chi connectivity index (χ0) is 15.7. The lowest BCUT2D eigenvalue weighted by molar-refractivity contribution is 0.101. The van der Waals surface area contributed by atoms with E-state index < -0.39 is 23.1 Å². The molecule has 0 aliphatic heterocycles. The molecule has 0 saturated heterocycles. The molecule has 0 aromatic heterocycles. The molecular formula is C14H8Br2ClF2NO. The molecule has 2 aromatic carbocycles. The average molecular weight is 439 g/mol. The van der Waals surface area contributed by atoms with E-state index in [0.717, 1.165) is 17.7 Å². The van der Waals surface area contributed by atoms with Gasteiger partial charge in [0.1, 0.15) is 17.2 Å². The predicted octanol–water partition coefficient (Wildman–Crippen LogP) is 5.70. The first-order chi connectivity index (χ1) is 9.79. The van der Waals surface area contributed by atoms with E-state index in [-0.39, 0.29) is 4.47 Å². The molecule has 0 aliphatic carbocycles. The van der Waals surface area contributed by atoms with Crippen LogP contribution in [0, 0.1) is 18.6 Å². The summed E-state index contributed by atoms with van der Waals surface area (Å²) in [5.74, 6) is -2.79. The van der Waals surface area contributed by atoms with Crippen molar-refractivity contribution >= 4 is 55.1 Å². The molecule has 0 radical (unpaired) electrons. The SMILES string of the molecule is Cc1cc(Br)c(NC(=O)c2c(F)cc(Br)cc2F)cc1Cl. The van der Waals surface area contributed by atoms with Gasteiger partial charge in [-0.2, -0.15) is 0 Å². The van der Waals surface area contributed by atoms with Gasteiger partial charge in [-0.3, -0.25) is 4.79 Å². The van der Waals surface area contributed by atoms with Crippen LogP contribution in [0.25, 0.3) is 0 Å². The highest BCUT2D eigenvalue weighted by atomic mass is 79.9. The predicted molar refractivity (Wildman–Crippen MR) is 85.9 cm³/mol. The molecule has 2 aromatic rings. The van der Waals surface area contributed by atoms with E-state index in [4.69, 9.17) is 11.6 Å². The minimum Gasteiger partial charge on any atom is -0.321 e. The molecular weight excluding hydrogens is 431 g/mol. The molecule has 0 fully saturated rings. The smallest absolute Gasteiger partial charge is 0.261 e. The highest BCUT2D eigenvalue weighted by Gasteiger charge is 2.19. The molecule has 0 unspecified atom stereocenters. The quantitative estimate of drug-likeness (QED) is 0.639. The number of anilines is 1. The number of hydrogen-bond acceptors (Lipinski definition) is 1. The fraction of sp³-hybridized carbons (Fsp3) is 0.0714. The van der Waals surface area contributed by atoms with E-state index in [1.54, 1.807) is 13.0 Å². The van der Waals surface area contributed by atoms with Gasteiger partial charge in [-0.05, 0) is 52.7 Å². The molecule has 0 spiro atoms. The third kappa shape index (κ3) is 3.62. The normalized spacial score (nSPS) is 10.6. The van der Waals surface area contributed by atoms with Crippen molar-refractivity contribution in [1.82, 2.24) is 0 Å². The van der Waals surface area contributed by atoms with Gasteiger partial charge in [0.15, 0.2) is 0 Å². The lowest BCUT2D eigenvalue weighted by Crippen LogP contribution is -2.16. The first-order valence-corrected chi connectivity index (χ1v) is 7.67. The Labute approximate surface area is 141 Å². The number of amides is 1. The van der Waals surface area contributed by atoms with Crippen LogP contribution in [0.2, 0.25) is 5.02 Å². The molecule has 0 bridgehead atoms. The Kier molecular flexibility index (Phi) is 5.01. The first-order valence-electron chi connectivity index (χ1n) is 5.71. The van der Waals surface area contributed by atoms with Gasteiger partial charge in [0.2, 0.25) is 0 Å². The Morgan fingerprint density at radius 1 is 1.14 bits per heavy atom. The standard InChI is InChI=1S/C14H8Br2ClF2NO/c1-6-2-8(16)12(5-9(6)17)20-14(21)13-10(18)3-7(15)4-11(13)19/h2-5H,1H3,(H,20,21). The minimum absolute atomic E-state index is 0.216. The van der Waals surface area contributed by atoms with Crippen LogP contribution in [0.15, 0.2) is 33.2 Å². The number of carbonyl (C=O) groups excluding carboxylic acids is 1. The van der Waals surface area contributed by atoms with Crippen molar-refractivity contribution in [1.29, 1.82) is 0 Å². The Morgan fingerprint density at radius 3 is 2.29 bits per heavy atom. The van der Waals surface area contributed by atoms with E-state index in [1.807, 2.05) is 0 Å². The summed E-state index contributed by atoms with van der Waals surface area (Å²) in [6.07, 6.45) is 0. The number of halogens is 5. The Balaban J connectivity index is 2.37. The van der Waals surface area contributed by atoms with E-state index in [1.165, 1.54) is 6.07 Å². The zero-order valence-corrected chi connectivity index (χ0v) is 14.5. The maximum absolute atomic E-state index is 13.7. The summed E-state index contributed by atoms with van der Waals surface area (Å²) in [5, 5.41) is 2.87. The summed E-state index contributed by atoms with van der Waals surface area (Å²) in [4.78, 5) is 12.0. The number of nitrogens with one attached hydrogen (secondary N) is 1. The van der Waals surface area contributed by atoms with E-state index in [0.29, 0.717) is 15.2 Å². The third-order valence-corrected chi connectivity index (χ3v) is 4.25. The lowest BCUT2D eigenvalue weighted by atomic mass is 10.1.